The summed E-state index contributed by atoms with van der Waals surface area (Å²) in [6, 6.07) is 10.8. The maximum Gasteiger partial charge on any atom is 0.313 e. The number of rotatable bonds is 7. The van der Waals surface area contributed by atoms with Crippen LogP contribution < -0.4 is 25.2 Å². The van der Waals surface area contributed by atoms with E-state index in [9.17, 15) is 18.0 Å². The highest BCUT2D eigenvalue weighted by molar-refractivity contribution is 7.89. The van der Waals surface area contributed by atoms with Crippen LogP contribution in [0.3, 0.4) is 0 Å². The fraction of sp³-hybridized carbons (Fsp3) is 0.222. The van der Waals surface area contributed by atoms with Crippen molar-refractivity contribution in [3.05, 3.63) is 48.0 Å². The molecule has 0 saturated heterocycles. The average Bonchev–Trinajstić information content (AvgIpc) is 2.67. The van der Waals surface area contributed by atoms with E-state index >= 15 is 0 Å². The fourth-order valence-electron chi connectivity index (χ4n) is 2.34. The Morgan fingerprint density at radius 3 is 2.25 bits per heavy atom. The molecule has 0 aromatic heterocycles. The van der Waals surface area contributed by atoms with Gasteiger partial charge in [0.15, 0.2) is 0 Å². The van der Waals surface area contributed by atoms with Crippen molar-refractivity contribution in [1.82, 2.24) is 5.32 Å². The summed E-state index contributed by atoms with van der Waals surface area (Å²) < 4.78 is 32.7. The number of nitrogens with two attached hydrogens (primary N) is 1. The Morgan fingerprint density at radius 2 is 1.68 bits per heavy atom. The zero-order valence-corrected chi connectivity index (χ0v) is 16.2. The number of hydrogen-bond acceptors (Lipinski definition) is 6. The second-order valence-corrected chi connectivity index (χ2v) is 7.28. The molecular weight excluding hydrogens is 386 g/mol. The smallest absolute Gasteiger partial charge is 0.313 e. The van der Waals surface area contributed by atoms with Gasteiger partial charge in [0.2, 0.25) is 10.0 Å². The van der Waals surface area contributed by atoms with Crippen molar-refractivity contribution >= 4 is 27.5 Å². The first kappa shape index (κ1) is 21.2. The van der Waals surface area contributed by atoms with Crippen molar-refractivity contribution in [2.24, 2.45) is 5.14 Å². The minimum absolute atomic E-state index is 0.00639. The van der Waals surface area contributed by atoms with Gasteiger partial charge in [-0.2, -0.15) is 0 Å². The van der Waals surface area contributed by atoms with Crippen LogP contribution in [0.2, 0.25) is 0 Å². The molecule has 2 aromatic carbocycles. The monoisotopic (exact) mass is 407 g/mol. The lowest BCUT2D eigenvalue weighted by Crippen LogP contribution is -2.36. The van der Waals surface area contributed by atoms with E-state index in [0.29, 0.717) is 23.6 Å². The highest BCUT2D eigenvalue weighted by Crippen LogP contribution is 2.28. The molecule has 2 rings (SSSR count). The Bertz CT molecular complexity index is 958. The minimum Gasteiger partial charge on any atom is -0.497 e. The zero-order valence-electron chi connectivity index (χ0n) is 15.4. The van der Waals surface area contributed by atoms with Crippen LogP contribution in [-0.4, -0.2) is 41.0 Å². The Labute approximate surface area is 162 Å². The van der Waals surface area contributed by atoms with Crippen molar-refractivity contribution in [3.63, 3.8) is 0 Å². The third-order valence-corrected chi connectivity index (χ3v) is 4.74. The van der Waals surface area contributed by atoms with E-state index in [1.165, 1.54) is 32.4 Å². The molecule has 0 unspecified atom stereocenters. The largest absolute Gasteiger partial charge is 0.497 e. The molecule has 0 radical (unpaired) electrons. The van der Waals surface area contributed by atoms with Gasteiger partial charge < -0.3 is 20.1 Å². The van der Waals surface area contributed by atoms with Gasteiger partial charge in [-0.1, -0.05) is 12.1 Å². The molecule has 4 N–H and O–H groups in total. The molecule has 0 spiro atoms. The number of amides is 2. The molecule has 9 nitrogen and oxygen atoms in total. The van der Waals surface area contributed by atoms with Gasteiger partial charge in [0.05, 0.1) is 24.8 Å². The molecule has 2 amide bonds. The van der Waals surface area contributed by atoms with Crippen LogP contribution in [-0.2, 0) is 26.0 Å². The molecule has 0 heterocycles. The van der Waals surface area contributed by atoms with Crippen LogP contribution in [0, 0.1) is 0 Å². The molecule has 10 heteroatoms. The van der Waals surface area contributed by atoms with Crippen molar-refractivity contribution in [1.29, 1.82) is 0 Å². The number of ether oxygens (including phenoxy) is 2. The number of carbonyl (C=O) groups is 2. The quantitative estimate of drug-likeness (QED) is 0.577. The maximum absolute atomic E-state index is 12.1. The molecule has 0 atom stereocenters. The number of primary sulfonamides is 1. The van der Waals surface area contributed by atoms with Crippen molar-refractivity contribution in [2.45, 2.75) is 11.3 Å². The predicted octanol–water partition coefficient (Wildman–Crippen LogP) is 0.649. The minimum atomic E-state index is -3.75. The molecule has 0 bridgehead atoms. The molecule has 0 aliphatic carbocycles. The van der Waals surface area contributed by atoms with Crippen LogP contribution in [0.5, 0.6) is 11.5 Å². The molecule has 0 aliphatic rings. The first-order valence-electron chi connectivity index (χ1n) is 8.17. The number of hydrogen-bond donors (Lipinski definition) is 3. The van der Waals surface area contributed by atoms with Gasteiger partial charge in [0.1, 0.15) is 11.5 Å². The van der Waals surface area contributed by atoms with Gasteiger partial charge in [0, 0.05) is 12.6 Å². The second-order valence-electron chi connectivity index (χ2n) is 5.72. The molecule has 150 valence electrons. The molecule has 2 aromatic rings. The molecular formula is C18H21N3O6S. The highest BCUT2D eigenvalue weighted by Gasteiger charge is 2.16. The van der Waals surface area contributed by atoms with E-state index in [4.69, 9.17) is 14.6 Å². The van der Waals surface area contributed by atoms with Crippen LogP contribution in [0.25, 0.3) is 0 Å². The maximum atomic E-state index is 12.1. The van der Waals surface area contributed by atoms with Crippen LogP contribution in [0.1, 0.15) is 5.56 Å². The van der Waals surface area contributed by atoms with Crippen molar-refractivity contribution < 1.29 is 27.5 Å². The van der Waals surface area contributed by atoms with Gasteiger partial charge in [-0.05, 0) is 36.2 Å². The van der Waals surface area contributed by atoms with Gasteiger partial charge >= 0.3 is 11.8 Å². The topological polar surface area (TPSA) is 137 Å². The van der Waals surface area contributed by atoms with Crippen molar-refractivity contribution in [3.8, 4) is 11.5 Å². The SMILES string of the molecule is COc1ccc(OC)c(NC(=O)C(=O)NCCc2ccc(S(N)(=O)=O)cc2)c1. The van der Waals surface area contributed by atoms with Crippen molar-refractivity contribution in [2.75, 3.05) is 26.1 Å². The lowest BCUT2D eigenvalue weighted by Gasteiger charge is -2.11. The van der Waals surface area contributed by atoms with Crippen LogP contribution in [0.15, 0.2) is 47.4 Å². The number of carbonyl (C=O) groups excluding carboxylic acids is 2. The first-order chi connectivity index (χ1) is 13.2. The lowest BCUT2D eigenvalue weighted by molar-refractivity contribution is -0.136. The summed E-state index contributed by atoms with van der Waals surface area (Å²) in [5, 5.41) is 10.0. The Hall–Kier alpha value is -3.11. The molecule has 28 heavy (non-hydrogen) atoms. The molecule has 0 aliphatic heterocycles. The lowest BCUT2D eigenvalue weighted by atomic mass is 10.1. The van der Waals surface area contributed by atoms with Gasteiger partial charge in [-0.3, -0.25) is 9.59 Å². The predicted molar refractivity (Wildman–Crippen MR) is 103 cm³/mol. The van der Waals surface area contributed by atoms with E-state index in [1.807, 2.05) is 0 Å². The van der Waals surface area contributed by atoms with Crippen LogP contribution in [0.4, 0.5) is 5.69 Å². The van der Waals surface area contributed by atoms with E-state index in [0.717, 1.165) is 5.56 Å². The molecule has 0 fully saturated rings. The Kier molecular flexibility index (Phi) is 6.96. The Balaban J connectivity index is 1.90. The third-order valence-electron chi connectivity index (χ3n) is 3.81. The number of benzene rings is 2. The summed E-state index contributed by atoms with van der Waals surface area (Å²) in [7, 11) is -0.822. The highest BCUT2D eigenvalue weighted by atomic mass is 32.2. The number of anilines is 1. The average molecular weight is 407 g/mol. The van der Waals surface area contributed by atoms with E-state index in [2.05, 4.69) is 10.6 Å². The summed E-state index contributed by atoms with van der Waals surface area (Å²) >= 11 is 0. The summed E-state index contributed by atoms with van der Waals surface area (Å²) in [6.45, 7) is 0.191. The number of nitrogens with one attached hydrogen (secondary N) is 2. The number of methoxy groups -OCH3 is 2. The summed E-state index contributed by atoms with van der Waals surface area (Å²) in [4.78, 5) is 24.1. The van der Waals surface area contributed by atoms with E-state index < -0.39 is 21.8 Å². The molecule has 0 saturated carbocycles. The third kappa shape index (κ3) is 5.69. The van der Waals surface area contributed by atoms with Gasteiger partial charge in [-0.15, -0.1) is 0 Å². The normalized spacial score (nSPS) is 10.8. The second kappa shape index (κ2) is 9.20. The first-order valence-corrected chi connectivity index (χ1v) is 9.72. The zero-order chi connectivity index (χ0) is 20.7. The summed E-state index contributed by atoms with van der Waals surface area (Å²) in [5.74, 6) is -0.779. The van der Waals surface area contributed by atoms with Crippen LogP contribution >= 0.6 is 0 Å². The van der Waals surface area contributed by atoms with Gasteiger partial charge in [-0.25, -0.2) is 13.6 Å². The van der Waals surface area contributed by atoms with E-state index in [1.54, 1.807) is 24.3 Å². The number of sulfonamides is 1. The standard InChI is InChI=1S/C18H21N3O6S/c1-26-13-5-8-16(27-2)15(11-13)21-18(23)17(22)20-10-9-12-3-6-14(7-4-12)28(19,24)25/h3-8,11H,9-10H2,1-2H3,(H,20,22)(H,21,23)(H2,19,24,25). The van der Waals surface area contributed by atoms with Gasteiger partial charge in [0.25, 0.3) is 0 Å². The summed E-state index contributed by atoms with van der Waals surface area (Å²) in [5.41, 5.74) is 1.09. The summed E-state index contributed by atoms with van der Waals surface area (Å²) in [6.07, 6.45) is 0.409. The Morgan fingerprint density at radius 1 is 1.00 bits per heavy atom. The fourth-order valence-corrected chi connectivity index (χ4v) is 2.85. The van der Waals surface area contributed by atoms with E-state index in [-0.39, 0.29) is 11.4 Å².